The molecule has 136 valence electrons. The zero-order valence-electron chi connectivity index (χ0n) is 14.2. The molecule has 0 amide bonds. The molecule has 0 bridgehead atoms. The number of nitrogens with zero attached hydrogens (tertiary/aromatic N) is 1. The Morgan fingerprint density at radius 3 is 2.62 bits per heavy atom. The van der Waals surface area contributed by atoms with Crippen LogP contribution in [0.3, 0.4) is 0 Å². The van der Waals surface area contributed by atoms with Crippen molar-refractivity contribution in [1.82, 2.24) is 10.2 Å². The van der Waals surface area contributed by atoms with Gasteiger partial charge in [0.05, 0.1) is 6.54 Å². The van der Waals surface area contributed by atoms with Gasteiger partial charge in [0, 0.05) is 23.2 Å². The molecule has 2 aromatic carbocycles. The van der Waals surface area contributed by atoms with Crippen LogP contribution in [-0.2, 0) is 4.74 Å². The third-order valence-electron chi connectivity index (χ3n) is 4.09. The molecule has 2 atom stereocenters. The Bertz CT molecular complexity index is 767. The molecule has 7 heteroatoms. The molecular weight excluding hydrogens is 372 g/mol. The number of nitrogens with one attached hydrogen (secondary N) is 1. The number of halogens is 1. The monoisotopic (exact) mass is 390 g/mol. The fraction of sp³-hybridized carbons (Fsp3) is 0.263. The summed E-state index contributed by atoms with van der Waals surface area (Å²) in [5, 5.41) is 4.29. The number of hydrogen-bond acceptors (Lipinski definition) is 4. The zero-order chi connectivity index (χ0) is 18.5. The van der Waals surface area contributed by atoms with Gasteiger partial charge in [0.15, 0.2) is 11.3 Å². The molecule has 0 spiro atoms. The van der Waals surface area contributed by atoms with Crippen molar-refractivity contribution in [2.45, 2.75) is 12.3 Å². The van der Waals surface area contributed by atoms with Gasteiger partial charge in [0.2, 0.25) is 0 Å². The van der Waals surface area contributed by atoms with Gasteiger partial charge in [-0.15, -0.1) is 0 Å². The number of rotatable bonds is 5. The number of carbonyl (C=O) groups is 1. The highest BCUT2D eigenvalue weighted by molar-refractivity contribution is 7.80. The summed E-state index contributed by atoms with van der Waals surface area (Å²) in [6.45, 7) is 0.993. The highest BCUT2D eigenvalue weighted by Gasteiger charge is 2.35. The van der Waals surface area contributed by atoms with Crippen LogP contribution in [0.15, 0.2) is 48.5 Å². The Kier molecular flexibility index (Phi) is 6.08. The molecule has 1 aliphatic heterocycles. The molecule has 1 aliphatic rings. The van der Waals surface area contributed by atoms with Gasteiger partial charge < -0.3 is 19.7 Å². The Morgan fingerprint density at radius 2 is 2.00 bits per heavy atom. The van der Waals surface area contributed by atoms with Crippen LogP contribution in [0, 0.1) is 0 Å². The smallest absolute Gasteiger partial charge is 0.171 e. The number of hydrogen-bond donors (Lipinski definition) is 1. The minimum Gasteiger partial charge on any atom is -0.491 e. The Labute approximate surface area is 162 Å². The molecule has 1 N–H and O–H groups in total. The van der Waals surface area contributed by atoms with E-state index >= 15 is 0 Å². The van der Waals surface area contributed by atoms with Gasteiger partial charge in [-0.1, -0.05) is 23.7 Å². The molecule has 1 fully saturated rings. The van der Waals surface area contributed by atoms with Gasteiger partial charge in [-0.3, -0.25) is 4.79 Å². The fourth-order valence-corrected chi connectivity index (χ4v) is 3.05. The SMILES string of the molecule is CNC(=S)N1CC(COc2ccc(C=O)cc2)OC1c1ccc(Cl)cc1. The van der Waals surface area contributed by atoms with Crippen molar-refractivity contribution in [1.29, 1.82) is 0 Å². The average Bonchev–Trinajstić information content (AvgIpc) is 3.11. The maximum Gasteiger partial charge on any atom is 0.171 e. The van der Waals surface area contributed by atoms with Crippen molar-refractivity contribution in [3.63, 3.8) is 0 Å². The third-order valence-corrected chi connectivity index (χ3v) is 4.78. The lowest BCUT2D eigenvalue weighted by Crippen LogP contribution is -2.38. The number of thiocarbonyl (C=S) groups is 1. The first-order chi connectivity index (χ1) is 12.6. The van der Waals surface area contributed by atoms with E-state index in [-0.39, 0.29) is 12.3 Å². The van der Waals surface area contributed by atoms with Crippen molar-refractivity contribution in [3.8, 4) is 5.75 Å². The molecule has 0 saturated carbocycles. The molecule has 26 heavy (non-hydrogen) atoms. The maximum absolute atomic E-state index is 10.7. The summed E-state index contributed by atoms with van der Waals surface area (Å²) in [6.07, 6.45) is 0.364. The highest BCUT2D eigenvalue weighted by atomic mass is 35.5. The predicted octanol–water partition coefficient (Wildman–Crippen LogP) is 3.44. The molecule has 3 rings (SSSR count). The van der Waals surface area contributed by atoms with Crippen LogP contribution in [0.2, 0.25) is 5.02 Å². The van der Waals surface area contributed by atoms with Gasteiger partial charge in [0.1, 0.15) is 24.7 Å². The minimum atomic E-state index is -0.293. The lowest BCUT2D eigenvalue weighted by Gasteiger charge is -2.25. The van der Waals surface area contributed by atoms with Crippen molar-refractivity contribution in [3.05, 3.63) is 64.7 Å². The van der Waals surface area contributed by atoms with E-state index in [2.05, 4.69) is 5.32 Å². The first-order valence-electron chi connectivity index (χ1n) is 8.18. The van der Waals surface area contributed by atoms with E-state index in [0.717, 1.165) is 11.8 Å². The van der Waals surface area contributed by atoms with E-state index in [1.54, 1.807) is 31.3 Å². The second kappa shape index (κ2) is 8.49. The fourth-order valence-electron chi connectivity index (χ4n) is 2.76. The molecule has 2 unspecified atom stereocenters. The molecule has 2 aromatic rings. The van der Waals surface area contributed by atoms with Crippen LogP contribution in [0.4, 0.5) is 0 Å². The third kappa shape index (κ3) is 4.33. The number of benzene rings is 2. The van der Waals surface area contributed by atoms with Gasteiger partial charge >= 0.3 is 0 Å². The van der Waals surface area contributed by atoms with Crippen LogP contribution in [0.25, 0.3) is 0 Å². The topological polar surface area (TPSA) is 50.8 Å². The van der Waals surface area contributed by atoms with Crippen molar-refractivity contribution in [2.75, 3.05) is 20.2 Å². The number of carbonyl (C=O) groups excluding carboxylic acids is 1. The van der Waals surface area contributed by atoms with E-state index in [1.165, 1.54) is 0 Å². The summed E-state index contributed by atoms with van der Waals surface area (Å²) >= 11 is 11.4. The van der Waals surface area contributed by atoms with Gasteiger partial charge in [-0.25, -0.2) is 0 Å². The van der Waals surface area contributed by atoms with Gasteiger partial charge in [0.25, 0.3) is 0 Å². The first kappa shape index (κ1) is 18.6. The summed E-state index contributed by atoms with van der Waals surface area (Å²) in [5.41, 5.74) is 1.59. The van der Waals surface area contributed by atoms with E-state index in [0.29, 0.717) is 34.6 Å². The summed E-state index contributed by atoms with van der Waals surface area (Å²) in [6, 6.07) is 14.5. The van der Waals surface area contributed by atoms with Crippen LogP contribution < -0.4 is 10.1 Å². The highest BCUT2D eigenvalue weighted by Crippen LogP contribution is 2.31. The second-order valence-corrected chi connectivity index (χ2v) is 6.69. The lowest BCUT2D eigenvalue weighted by atomic mass is 10.2. The molecule has 1 heterocycles. The van der Waals surface area contributed by atoms with E-state index < -0.39 is 0 Å². The van der Waals surface area contributed by atoms with Crippen molar-refractivity contribution < 1.29 is 14.3 Å². The summed E-state index contributed by atoms with van der Waals surface area (Å²) in [5.74, 6) is 0.692. The van der Waals surface area contributed by atoms with Crippen LogP contribution >= 0.6 is 23.8 Å². The van der Waals surface area contributed by atoms with E-state index in [4.69, 9.17) is 33.3 Å². The molecule has 1 saturated heterocycles. The molecule has 0 radical (unpaired) electrons. The Morgan fingerprint density at radius 1 is 1.31 bits per heavy atom. The van der Waals surface area contributed by atoms with Crippen molar-refractivity contribution in [2.24, 2.45) is 0 Å². The maximum atomic E-state index is 10.7. The summed E-state index contributed by atoms with van der Waals surface area (Å²) in [4.78, 5) is 12.7. The molecular formula is C19H19ClN2O3S. The summed E-state index contributed by atoms with van der Waals surface area (Å²) in [7, 11) is 1.79. The van der Waals surface area contributed by atoms with Crippen LogP contribution in [0.1, 0.15) is 22.1 Å². The van der Waals surface area contributed by atoms with E-state index in [9.17, 15) is 4.79 Å². The number of aldehydes is 1. The standard InChI is InChI=1S/C19H19ClN2O3S/c1-21-19(26)22-10-17(12-24-16-8-2-13(11-23)3-9-16)25-18(22)14-4-6-15(20)7-5-14/h2-9,11,17-18H,10,12H2,1H3,(H,21,26). The Balaban J connectivity index is 1.68. The molecule has 0 aromatic heterocycles. The first-order valence-corrected chi connectivity index (χ1v) is 8.96. The van der Waals surface area contributed by atoms with E-state index in [1.807, 2.05) is 29.2 Å². The average molecular weight is 391 g/mol. The van der Waals surface area contributed by atoms with Crippen molar-refractivity contribution >= 4 is 35.2 Å². The largest absolute Gasteiger partial charge is 0.491 e. The Hall–Kier alpha value is -2.15. The predicted molar refractivity (Wildman–Crippen MR) is 105 cm³/mol. The van der Waals surface area contributed by atoms with Gasteiger partial charge in [-0.2, -0.15) is 0 Å². The summed E-state index contributed by atoms with van der Waals surface area (Å²) < 4.78 is 12.0. The van der Waals surface area contributed by atoms with Crippen LogP contribution in [0.5, 0.6) is 5.75 Å². The molecule has 5 nitrogen and oxygen atoms in total. The minimum absolute atomic E-state index is 0.146. The van der Waals surface area contributed by atoms with Crippen LogP contribution in [-0.4, -0.2) is 42.6 Å². The van der Waals surface area contributed by atoms with Gasteiger partial charge in [-0.05, 0) is 48.6 Å². The lowest BCUT2D eigenvalue weighted by molar-refractivity contribution is -0.00133. The quantitative estimate of drug-likeness (QED) is 0.623. The molecule has 0 aliphatic carbocycles. The zero-order valence-corrected chi connectivity index (χ0v) is 15.8. The second-order valence-electron chi connectivity index (χ2n) is 5.87. The number of ether oxygens (including phenoxy) is 2. The normalized spacial score (nSPS) is 19.2.